The molecule has 4 aromatic carbocycles. The first kappa shape index (κ1) is 22.3. The van der Waals surface area contributed by atoms with E-state index in [0.717, 1.165) is 28.7 Å². The molecule has 0 radical (unpaired) electrons. The smallest absolute Gasteiger partial charge is 0.115 e. The maximum Gasteiger partial charge on any atom is 0.115 e. The number of phenols is 2. The Morgan fingerprint density at radius 2 is 1.15 bits per heavy atom. The third-order valence-electron chi connectivity index (χ3n) is 7.22. The lowest BCUT2D eigenvalue weighted by molar-refractivity contribution is 0.369. The van der Waals surface area contributed by atoms with Crippen molar-refractivity contribution in [2.24, 2.45) is 11.8 Å². The first-order valence-electron chi connectivity index (χ1n) is 12.2. The number of fused-ring (bicyclic) bond motifs is 3. The van der Waals surface area contributed by atoms with Gasteiger partial charge in [0.15, 0.2) is 0 Å². The van der Waals surface area contributed by atoms with Gasteiger partial charge in [-0.2, -0.15) is 0 Å². The summed E-state index contributed by atoms with van der Waals surface area (Å²) in [6.07, 6.45) is 2.27. The van der Waals surface area contributed by atoms with E-state index in [-0.39, 0.29) is 11.5 Å². The van der Waals surface area contributed by atoms with Crippen LogP contribution < -0.4 is 0 Å². The zero-order valence-electron chi connectivity index (χ0n) is 20.1. The molecule has 0 fully saturated rings. The molecule has 0 heterocycles. The minimum atomic E-state index is 0.285. The highest BCUT2D eigenvalue weighted by molar-refractivity contribution is 5.83. The lowest BCUT2D eigenvalue weighted by Crippen LogP contribution is -2.19. The molecular formula is C32H32O2. The van der Waals surface area contributed by atoms with Crippen molar-refractivity contribution in [2.75, 3.05) is 0 Å². The van der Waals surface area contributed by atoms with Gasteiger partial charge in [0, 0.05) is 0 Å². The molecule has 0 aliphatic heterocycles. The molecule has 5 rings (SSSR count). The average Bonchev–Trinajstić information content (AvgIpc) is 2.83. The zero-order chi connectivity index (χ0) is 23.8. The molecule has 1 aliphatic rings. The number of benzene rings is 4. The van der Waals surface area contributed by atoms with Crippen molar-refractivity contribution in [2.45, 2.75) is 39.5 Å². The van der Waals surface area contributed by atoms with E-state index in [0.29, 0.717) is 17.8 Å². The van der Waals surface area contributed by atoms with Gasteiger partial charge in [0.1, 0.15) is 11.5 Å². The minimum absolute atomic E-state index is 0.285. The number of phenolic OH excluding ortho intramolecular Hbond substituents is 2. The van der Waals surface area contributed by atoms with Gasteiger partial charge in [-0.1, -0.05) is 69.3 Å². The predicted octanol–water partition coefficient (Wildman–Crippen LogP) is 8.42. The lowest BCUT2D eigenvalue weighted by atomic mass is 9.71. The summed E-state index contributed by atoms with van der Waals surface area (Å²) in [5.74, 6) is 2.34. The molecule has 0 saturated heterocycles. The van der Waals surface area contributed by atoms with Crippen LogP contribution in [0.5, 0.6) is 11.5 Å². The van der Waals surface area contributed by atoms with E-state index < -0.39 is 0 Å². The molecule has 2 nitrogen and oxygen atoms in total. The van der Waals surface area contributed by atoms with E-state index in [1.165, 1.54) is 28.7 Å². The van der Waals surface area contributed by atoms with E-state index >= 15 is 0 Å². The third kappa shape index (κ3) is 4.33. The molecule has 0 saturated carbocycles. The third-order valence-corrected chi connectivity index (χ3v) is 7.22. The highest BCUT2D eigenvalue weighted by Gasteiger charge is 2.29. The van der Waals surface area contributed by atoms with E-state index in [4.69, 9.17) is 0 Å². The first-order valence-corrected chi connectivity index (χ1v) is 12.2. The lowest BCUT2D eigenvalue weighted by Gasteiger charge is -2.33. The fourth-order valence-electron chi connectivity index (χ4n) is 5.55. The summed E-state index contributed by atoms with van der Waals surface area (Å²) >= 11 is 0. The summed E-state index contributed by atoms with van der Waals surface area (Å²) in [6.45, 7) is 7.02. The highest BCUT2D eigenvalue weighted by atomic mass is 16.3. The van der Waals surface area contributed by atoms with Crippen LogP contribution in [0, 0.1) is 11.8 Å². The Bertz CT molecular complexity index is 1300. The Morgan fingerprint density at radius 3 is 1.71 bits per heavy atom. The molecule has 2 heteroatoms. The molecular weight excluding hydrogens is 416 g/mol. The largest absolute Gasteiger partial charge is 0.508 e. The van der Waals surface area contributed by atoms with Gasteiger partial charge in [-0.15, -0.1) is 0 Å². The van der Waals surface area contributed by atoms with E-state index in [1.54, 1.807) is 24.3 Å². The summed E-state index contributed by atoms with van der Waals surface area (Å²) in [5, 5.41) is 19.4. The number of aromatic hydroxyl groups is 2. The Balaban J connectivity index is 1.64. The molecule has 34 heavy (non-hydrogen) atoms. The van der Waals surface area contributed by atoms with Crippen molar-refractivity contribution in [3.8, 4) is 44.9 Å². The maximum absolute atomic E-state index is 9.73. The Kier molecular flexibility index (Phi) is 5.91. The van der Waals surface area contributed by atoms with Crippen molar-refractivity contribution < 1.29 is 10.2 Å². The fraction of sp³-hybridized carbons (Fsp3) is 0.250. The SMILES string of the molecule is CC(C)CC(C)C1Cc2ccc(-c3ccc(O)cc3)cc2-c2cc(-c3ccc(O)cc3)ccc21. The summed E-state index contributed by atoms with van der Waals surface area (Å²) in [4.78, 5) is 0. The van der Waals surface area contributed by atoms with Crippen molar-refractivity contribution in [1.82, 2.24) is 0 Å². The van der Waals surface area contributed by atoms with Gasteiger partial charge in [0.2, 0.25) is 0 Å². The Hall–Kier alpha value is -3.52. The standard InChI is InChI=1S/C32H32O2/c1-20(2)16-21(3)30-19-26-5-4-24(22-6-11-27(33)12-7-22)17-31(26)32-18-25(10-15-29(30)32)23-8-13-28(34)14-9-23/h4-15,17-18,20-21,30,33-34H,16,19H2,1-3H3. The first-order chi connectivity index (χ1) is 16.4. The van der Waals surface area contributed by atoms with Gasteiger partial charge in [-0.05, 0) is 112 Å². The predicted molar refractivity (Wildman–Crippen MR) is 141 cm³/mol. The van der Waals surface area contributed by atoms with Crippen LogP contribution in [-0.2, 0) is 6.42 Å². The summed E-state index contributed by atoms with van der Waals surface area (Å²) in [6, 6.07) is 28.6. The normalized spacial score (nSPS) is 15.6. The van der Waals surface area contributed by atoms with Crippen molar-refractivity contribution >= 4 is 0 Å². The van der Waals surface area contributed by atoms with E-state index in [1.807, 2.05) is 24.3 Å². The van der Waals surface area contributed by atoms with Crippen LogP contribution in [0.25, 0.3) is 33.4 Å². The molecule has 0 bridgehead atoms. The monoisotopic (exact) mass is 448 g/mol. The van der Waals surface area contributed by atoms with E-state index in [2.05, 4.69) is 57.2 Å². The number of rotatable bonds is 5. The number of hydrogen-bond acceptors (Lipinski definition) is 2. The molecule has 172 valence electrons. The molecule has 0 amide bonds. The Labute approximate surface area is 202 Å². The average molecular weight is 449 g/mol. The van der Waals surface area contributed by atoms with E-state index in [9.17, 15) is 10.2 Å². The molecule has 2 atom stereocenters. The molecule has 2 unspecified atom stereocenters. The van der Waals surface area contributed by atoms with Gasteiger partial charge in [-0.25, -0.2) is 0 Å². The molecule has 0 spiro atoms. The Morgan fingerprint density at radius 1 is 0.647 bits per heavy atom. The van der Waals surface area contributed by atoms with Crippen LogP contribution in [0.15, 0.2) is 84.9 Å². The van der Waals surface area contributed by atoms with Crippen LogP contribution in [0.2, 0.25) is 0 Å². The van der Waals surface area contributed by atoms with Crippen molar-refractivity contribution in [1.29, 1.82) is 0 Å². The molecule has 1 aliphatic carbocycles. The maximum atomic E-state index is 9.73. The number of hydrogen-bond donors (Lipinski definition) is 2. The van der Waals surface area contributed by atoms with Gasteiger partial charge in [-0.3, -0.25) is 0 Å². The highest BCUT2D eigenvalue weighted by Crippen LogP contribution is 2.46. The van der Waals surface area contributed by atoms with Crippen LogP contribution in [-0.4, -0.2) is 10.2 Å². The molecule has 2 N–H and O–H groups in total. The fourth-order valence-corrected chi connectivity index (χ4v) is 5.55. The minimum Gasteiger partial charge on any atom is -0.508 e. The second-order valence-electron chi connectivity index (χ2n) is 10.2. The quantitative estimate of drug-likeness (QED) is 0.322. The van der Waals surface area contributed by atoms with Crippen LogP contribution >= 0.6 is 0 Å². The second-order valence-corrected chi connectivity index (χ2v) is 10.2. The van der Waals surface area contributed by atoms with Crippen molar-refractivity contribution in [3.63, 3.8) is 0 Å². The van der Waals surface area contributed by atoms with Gasteiger partial charge < -0.3 is 10.2 Å². The summed E-state index contributed by atoms with van der Waals surface area (Å²) in [7, 11) is 0. The van der Waals surface area contributed by atoms with Gasteiger partial charge in [0.25, 0.3) is 0 Å². The van der Waals surface area contributed by atoms with Crippen LogP contribution in [0.3, 0.4) is 0 Å². The van der Waals surface area contributed by atoms with Crippen LogP contribution in [0.4, 0.5) is 0 Å². The topological polar surface area (TPSA) is 40.5 Å². The summed E-state index contributed by atoms with van der Waals surface area (Å²) in [5.41, 5.74) is 9.98. The molecule has 0 aromatic heterocycles. The second kappa shape index (κ2) is 9.02. The zero-order valence-corrected chi connectivity index (χ0v) is 20.1. The summed E-state index contributed by atoms with van der Waals surface area (Å²) < 4.78 is 0. The molecule has 4 aromatic rings. The van der Waals surface area contributed by atoms with Crippen molar-refractivity contribution in [3.05, 3.63) is 96.1 Å². The van der Waals surface area contributed by atoms with Gasteiger partial charge >= 0.3 is 0 Å². The van der Waals surface area contributed by atoms with Crippen LogP contribution in [0.1, 0.15) is 44.2 Å². The van der Waals surface area contributed by atoms with Gasteiger partial charge in [0.05, 0.1) is 0 Å².